The Bertz CT molecular complexity index is 576. The van der Waals surface area contributed by atoms with E-state index in [1.807, 2.05) is 32.0 Å². The number of benzene rings is 1. The van der Waals surface area contributed by atoms with Crippen molar-refractivity contribution in [2.75, 3.05) is 0 Å². The summed E-state index contributed by atoms with van der Waals surface area (Å²) in [6, 6.07) is 5.82. The molecule has 1 aromatic heterocycles. The van der Waals surface area contributed by atoms with Gasteiger partial charge in [-0.25, -0.2) is 0 Å². The van der Waals surface area contributed by atoms with Gasteiger partial charge in [-0.2, -0.15) is 0 Å². The van der Waals surface area contributed by atoms with Gasteiger partial charge in [0.05, 0.1) is 0 Å². The third-order valence-electron chi connectivity index (χ3n) is 2.97. The van der Waals surface area contributed by atoms with Crippen LogP contribution in [0.3, 0.4) is 0 Å². The maximum absolute atomic E-state index is 6.23. The highest BCUT2D eigenvalue weighted by Gasteiger charge is 2.11. The van der Waals surface area contributed by atoms with Gasteiger partial charge in [-0.1, -0.05) is 30.6 Å². The number of nitrogens with zero attached hydrogens (tertiary/aromatic N) is 1. The maximum Gasteiger partial charge on any atom is 0.134 e. The summed E-state index contributed by atoms with van der Waals surface area (Å²) < 4.78 is 10.8. The molecular formula is C15H18ClNO2. The third kappa shape index (κ3) is 3.29. The molecule has 0 amide bonds. The predicted molar refractivity (Wildman–Crippen MR) is 75.9 cm³/mol. The topological polar surface area (TPSA) is 35.3 Å². The molecule has 4 heteroatoms. The van der Waals surface area contributed by atoms with Crippen LogP contribution in [-0.4, -0.2) is 5.16 Å². The number of aromatic nitrogens is 1. The van der Waals surface area contributed by atoms with E-state index >= 15 is 0 Å². The molecule has 0 spiro atoms. The summed E-state index contributed by atoms with van der Waals surface area (Å²) in [5, 5.41) is 4.70. The van der Waals surface area contributed by atoms with E-state index in [1.165, 1.54) is 0 Å². The molecule has 0 aliphatic carbocycles. The number of ether oxygens (including phenoxy) is 1. The Labute approximate surface area is 118 Å². The standard InChI is InChI=1S/C15H18ClNO2/c1-9(2)13-7-15(10(3)5-14(13)16)18-8-12-6-11(4)19-17-12/h5-7,9H,8H2,1-4H3. The lowest BCUT2D eigenvalue weighted by atomic mass is 10.0. The van der Waals surface area contributed by atoms with Crippen molar-refractivity contribution in [1.29, 1.82) is 0 Å². The van der Waals surface area contributed by atoms with Gasteiger partial charge < -0.3 is 9.26 Å². The molecule has 19 heavy (non-hydrogen) atoms. The van der Waals surface area contributed by atoms with Crippen molar-refractivity contribution in [1.82, 2.24) is 5.16 Å². The Morgan fingerprint density at radius 3 is 2.58 bits per heavy atom. The van der Waals surface area contributed by atoms with Crippen LogP contribution in [-0.2, 0) is 6.61 Å². The molecular weight excluding hydrogens is 262 g/mol. The van der Waals surface area contributed by atoms with Crippen LogP contribution in [0.2, 0.25) is 5.02 Å². The largest absolute Gasteiger partial charge is 0.487 e. The lowest BCUT2D eigenvalue weighted by Gasteiger charge is -2.14. The second-order valence-corrected chi connectivity index (χ2v) is 5.42. The SMILES string of the molecule is Cc1cc(COc2cc(C(C)C)c(Cl)cc2C)no1. The molecule has 0 N–H and O–H groups in total. The van der Waals surface area contributed by atoms with Crippen molar-refractivity contribution in [2.45, 2.75) is 40.2 Å². The van der Waals surface area contributed by atoms with Crippen LogP contribution in [0.25, 0.3) is 0 Å². The molecule has 2 aromatic rings. The Hall–Kier alpha value is -1.48. The number of rotatable bonds is 4. The van der Waals surface area contributed by atoms with E-state index in [0.29, 0.717) is 12.5 Å². The van der Waals surface area contributed by atoms with Gasteiger partial charge in [0.15, 0.2) is 0 Å². The first kappa shape index (κ1) is 13.9. The minimum atomic E-state index is 0.366. The van der Waals surface area contributed by atoms with Crippen molar-refractivity contribution in [3.8, 4) is 5.75 Å². The highest BCUT2D eigenvalue weighted by Crippen LogP contribution is 2.31. The quantitative estimate of drug-likeness (QED) is 0.817. The van der Waals surface area contributed by atoms with E-state index in [9.17, 15) is 0 Å². The van der Waals surface area contributed by atoms with Crippen molar-refractivity contribution in [3.05, 3.63) is 45.8 Å². The maximum atomic E-state index is 6.23. The van der Waals surface area contributed by atoms with Gasteiger partial charge >= 0.3 is 0 Å². The molecule has 0 bridgehead atoms. The average Bonchev–Trinajstić information content (AvgIpc) is 2.73. The van der Waals surface area contributed by atoms with Crippen LogP contribution >= 0.6 is 11.6 Å². The zero-order chi connectivity index (χ0) is 14.0. The summed E-state index contributed by atoms with van der Waals surface area (Å²) >= 11 is 6.23. The Morgan fingerprint density at radius 1 is 1.26 bits per heavy atom. The van der Waals surface area contributed by atoms with E-state index in [4.69, 9.17) is 20.9 Å². The van der Waals surface area contributed by atoms with Gasteiger partial charge in [0.2, 0.25) is 0 Å². The van der Waals surface area contributed by atoms with Crippen LogP contribution in [0.5, 0.6) is 5.75 Å². The Kier molecular flexibility index (Phi) is 4.15. The van der Waals surface area contributed by atoms with Crippen LogP contribution < -0.4 is 4.74 Å². The molecule has 102 valence electrons. The fraction of sp³-hybridized carbons (Fsp3) is 0.400. The molecule has 0 aliphatic rings. The zero-order valence-electron chi connectivity index (χ0n) is 11.7. The van der Waals surface area contributed by atoms with Gasteiger partial charge in [0, 0.05) is 11.1 Å². The number of hydrogen-bond acceptors (Lipinski definition) is 3. The predicted octanol–water partition coefficient (Wildman–Crippen LogP) is 4.65. The van der Waals surface area contributed by atoms with Crippen LogP contribution in [0.15, 0.2) is 22.7 Å². The van der Waals surface area contributed by atoms with Crippen molar-refractivity contribution < 1.29 is 9.26 Å². The van der Waals surface area contributed by atoms with Crippen LogP contribution in [0.4, 0.5) is 0 Å². The van der Waals surface area contributed by atoms with E-state index in [-0.39, 0.29) is 0 Å². The third-order valence-corrected chi connectivity index (χ3v) is 3.30. The fourth-order valence-corrected chi connectivity index (χ4v) is 2.34. The molecule has 2 rings (SSSR count). The first-order valence-electron chi connectivity index (χ1n) is 6.32. The number of hydrogen-bond donors (Lipinski definition) is 0. The molecule has 3 nitrogen and oxygen atoms in total. The van der Waals surface area contributed by atoms with Crippen LogP contribution in [0, 0.1) is 13.8 Å². The summed E-state index contributed by atoms with van der Waals surface area (Å²) in [7, 11) is 0. The Morgan fingerprint density at radius 2 is 2.00 bits per heavy atom. The summed E-state index contributed by atoms with van der Waals surface area (Å²) in [6.07, 6.45) is 0. The highest BCUT2D eigenvalue weighted by molar-refractivity contribution is 6.31. The summed E-state index contributed by atoms with van der Waals surface area (Å²) in [6.45, 7) is 8.47. The molecule has 0 atom stereocenters. The molecule has 1 heterocycles. The van der Waals surface area contributed by atoms with Crippen molar-refractivity contribution in [3.63, 3.8) is 0 Å². The minimum absolute atomic E-state index is 0.366. The molecule has 0 aliphatic heterocycles. The summed E-state index contributed by atoms with van der Waals surface area (Å²) in [4.78, 5) is 0. The normalized spacial score (nSPS) is 11.1. The Balaban J connectivity index is 2.17. The smallest absolute Gasteiger partial charge is 0.134 e. The number of halogens is 1. The van der Waals surface area contributed by atoms with E-state index in [1.54, 1.807) is 0 Å². The molecule has 0 saturated carbocycles. The molecule has 0 unspecified atom stereocenters. The van der Waals surface area contributed by atoms with Gasteiger partial charge in [-0.15, -0.1) is 0 Å². The fourth-order valence-electron chi connectivity index (χ4n) is 1.90. The van der Waals surface area contributed by atoms with E-state index < -0.39 is 0 Å². The minimum Gasteiger partial charge on any atom is -0.487 e. The summed E-state index contributed by atoms with van der Waals surface area (Å²) in [5.74, 6) is 1.99. The molecule has 1 aromatic carbocycles. The number of aryl methyl sites for hydroxylation is 2. The molecule has 0 radical (unpaired) electrons. The van der Waals surface area contributed by atoms with E-state index in [0.717, 1.165) is 33.4 Å². The van der Waals surface area contributed by atoms with Gasteiger partial charge in [0.1, 0.15) is 23.8 Å². The molecule has 0 fully saturated rings. The first-order chi connectivity index (χ1) is 8.97. The highest BCUT2D eigenvalue weighted by atomic mass is 35.5. The van der Waals surface area contributed by atoms with Gasteiger partial charge in [-0.3, -0.25) is 0 Å². The second-order valence-electron chi connectivity index (χ2n) is 5.01. The lowest BCUT2D eigenvalue weighted by molar-refractivity contribution is 0.286. The molecule has 0 saturated heterocycles. The van der Waals surface area contributed by atoms with Crippen molar-refractivity contribution >= 4 is 11.6 Å². The van der Waals surface area contributed by atoms with E-state index in [2.05, 4.69) is 19.0 Å². The average molecular weight is 280 g/mol. The van der Waals surface area contributed by atoms with Crippen LogP contribution in [0.1, 0.15) is 42.3 Å². The second kappa shape index (κ2) is 5.66. The first-order valence-corrected chi connectivity index (χ1v) is 6.70. The lowest BCUT2D eigenvalue weighted by Crippen LogP contribution is -1.99. The summed E-state index contributed by atoms with van der Waals surface area (Å²) in [5.41, 5.74) is 2.91. The van der Waals surface area contributed by atoms with Crippen molar-refractivity contribution in [2.24, 2.45) is 0 Å². The van der Waals surface area contributed by atoms with Gasteiger partial charge in [0.25, 0.3) is 0 Å². The monoisotopic (exact) mass is 279 g/mol. The van der Waals surface area contributed by atoms with Gasteiger partial charge in [-0.05, 0) is 43.0 Å². The zero-order valence-corrected chi connectivity index (χ0v) is 12.4.